The molecule has 0 saturated heterocycles. The first-order valence-corrected chi connectivity index (χ1v) is 8.68. The SMILES string of the molecule is O=C(/C=C/c1nc2ccccc2s1)OCc1nnc(-c2ccccc2)o1. The molecule has 128 valence electrons. The molecule has 0 radical (unpaired) electrons. The van der Waals surface area contributed by atoms with E-state index in [1.165, 1.54) is 17.4 Å². The van der Waals surface area contributed by atoms with E-state index in [0.717, 1.165) is 20.8 Å². The number of carbonyl (C=O) groups excluding carboxylic acids is 1. The Labute approximate surface area is 152 Å². The number of fused-ring (bicyclic) bond motifs is 1. The minimum Gasteiger partial charge on any atom is -0.452 e. The topological polar surface area (TPSA) is 78.1 Å². The molecule has 2 heterocycles. The Morgan fingerprint density at radius 1 is 1.08 bits per heavy atom. The normalized spacial score (nSPS) is 11.2. The number of benzene rings is 2. The Balaban J connectivity index is 1.36. The summed E-state index contributed by atoms with van der Waals surface area (Å²) in [4.78, 5) is 16.3. The Kier molecular flexibility index (Phi) is 4.53. The van der Waals surface area contributed by atoms with Crippen LogP contribution in [0.2, 0.25) is 0 Å². The van der Waals surface area contributed by atoms with Crippen LogP contribution in [-0.4, -0.2) is 21.2 Å². The highest BCUT2D eigenvalue weighted by atomic mass is 32.1. The molecule has 0 amide bonds. The third-order valence-corrected chi connectivity index (χ3v) is 4.50. The van der Waals surface area contributed by atoms with Crippen molar-refractivity contribution in [3.05, 3.63) is 71.6 Å². The highest BCUT2D eigenvalue weighted by Gasteiger charge is 2.09. The first kappa shape index (κ1) is 16.2. The van der Waals surface area contributed by atoms with Crippen LogP contribution in [0.4, 0.5) is 0 Å². The smallest absolute Gasteiger partial charge is 0.331 e. The van der Waals surface area contributed by atoms with Gasteiger partial charge in [0.15, 0.2) is 6.61 Å². The zero-order chi connectivity index (χ0) is 17.8. The van der Waals surface area contributed by atoms with Crippen molar-refractivity contribution >= 4 is 33.6 Å². The number of hydrogen-bond donors (Lipinski definition) is 0. The van der Waals surface area contributed by atoms with Crippen molar-refractivity contribution in [2.24, 2.45) is 0 Å². The summed E-state index contributed by atoms with van der Waals surface area (Å²) in [5, 5.41) is 8.57. The summed E-state index contributed by atoms with van der Waals surface area (Å²) in [5.41, 5.74) is 1.72. The maximum atomic E-state index is 11.9. The molecule has 0 aliphatic heterocycles. The number of carbonyl (C=O) groups is 1. The second-order valence-corrected chi connectivity index (χ2v) is 6.39. The fourth-order valence-electron chi connectivity index (χ4n) is 2.29. The Morgan fingerprint density at radius 3 is 2.73 bits per heavy atom. The molecule has 2 aromatic carbocycles. The molecule has 0 atom stereocenters. The first-order valence-electron chi connectivity index (χ1n) is 7.86. The zero-order valence-corrected chi connectivity index (χ0v) is 14.3. The molecule has 4 aromatic rings. The molecule has 0 aliphatic rings. The molecule has 0 N–H and O–H groups in total. The third-order valence-electron chi connectivity index (χ3n) is 3.50. The Bertz CT molecular complexity index is 1040. The molecule has 0 fully saturated rings. The number of aromatic nitrogens is 3. The van der Waals surface area contributed by atoms with E-state index in [-0.39, 0.29) is 12.5 Å². The van der Waals surface area contributed by atoms with Crippen LogP contribution in [0.5, 0.6) is 0 Å². The van der Waals surface area contributed by atoms with E-state index in [2.05, 4.69) is 15.2 Å². The quantitative estimate of drug-likeness (QED) is 0.392. The van der Waals surface area contributed by atoms with Gasteiger partial charge in [0.05, 0.1) is 10.2 Å². The predicted molar refractivity (Wildman–Crippen MR) is 98.2 cm³/mol. The lowest BCUT2D eigenvalue weighted by Gasteiger charge is -1.96. The second kappa shape index (κ2) is 7.28. The highest BCUT2D eigenvalue weighted by Crippen LogP contribution is 2.22. The van der Waals surface area contributed by atoms with Gasteiger partial charge in [0.2, 0.25) is 5.89 Å². The van der Waals surface area contributed by atoms with Gasteiger partial charge in [-0.05, 0) is 30.3 Å². The highest BCUT2D eigenvalue weighted by molar-refractivity contribution is 7.19. The van der Waals surface area contributed by atoms with Crippen molar-refractivity contribution in [3.8, 4) is 11.5 Å². The standard InChI is InChI=1S/C19H13N3O3S/c23-18(11-10-17-20-14-8-4-5-9-15(14)26-17)24-12-16-21-22-19(25-16)13-6-2-1-3-7-13/h1-11H,12H2/b11-10+. The van der Waals surface area contributed by atoms with Crippen LogP contribution in [-0.2, 0) is 16.1 Å². The Hall–Kier alpha value is -3.32. The lowest BCUT2D eigenvalue weighted by atomic mass is 10.2. The van der Waals surface area contributed by atoms with Gasteiger partial charge in [0.1, 0.15) is 5.01 Å². The largest absolute Gasteiger partial charge is 0.452 e. The van der Waals surface area contributed by atoms with Crippen LogP contribution in [0.1, 0.15) is 10.9 Å². The van der Waals surface area contributed by atoms with E-state index in [1.807, 2.05) is 54.6 Å². The minimum atomic E-state index is -0.497. The average Bonchev–Trinajstić information content (AvgIpc) is 3.32. The number of rotatable bonds is 5. The van der Waals surface area contributed by atoms with Crippen molar-refractivity contribution < 1.29 is 13.9 Å². The van der Waals surface area contributed by atoms with Gasteiger partial charge in [-0.1, -0.05) is 30.3 Å². The first-order chi connectivity index (χ1) is 12.8. The van der Waals surface area contributed by atoms with Gasteiger partial charge in [-0.2, -0.15) is 0 Å². The summed E-state index contributed by atoms with van der Waals surface area (Å²) in [6.07, 6.45) is 2.97. The molecule has 0 bridgehead atoms. The second-order valence-electron chi connectivity index (χ2n) is 5.33. The van der Waals surface area contributed by atoms with E-state index < -0.39 is 5.97 Å². The van der Waals surface area contributed by atoms with Gasteiger partial charge >= 0.3 is 5.97 Å². The number of thiazole rings is 1. The van der Waals surface area contributed by atoms with Crippen molar-refractivity contribution in [1.29, 1.82) is 0 Å². The summed E-state index contributed by atoms with van der Waals surface area (Å²) < 4.78 is 11.7. The summed E-state index contributed by atoms with van der Waals surface area (Å²) >= 11 is 1.51. The van der Waals surface area contributed by atoms with Gasteiger partial charge in [-0.15, -0.1) is 21.5 Å². The maximum absolute atomic E-state index is 11.9. The van der Waals surface area contributed by atoms with Crippen molar-refractivity contribution in [2.45, 2.75) is 6.61 Å². The lowest BCUT2D eigenvalue weighted by Crippen LogP contribution is -2.00. The summed E-state index contributed by atoms with van der Waals surface area (Å²) in [6.45, 7) is -0.0805. The lowest BCUT2D eigenvalue weighted by molar-refractivity contribution is -0.139. The van der Waals surface area contributed by atoms with E-state index in [0.29, 0.717) is 5.89 Å². The van der Waals surface area contributed by atoms with Gasteiger partial charge in [0.25, 0.3) is 5.89 Å². The van der Waals surface area contributed by atoms with Crippen LogP contribution in [0, 0.1) is 0 Å². The maximum Gasteiger partial charge on any atom is 0.331 e. The minimum absolute atomic E-state index is 0.0805. The molecule has 0 unspecified atom stereocenters. The van der Waals surface area contributed by atoms with E-state index in [9.17, 15) is 4.79 Å². The molecule has 26 heavy (non-hydrogen) atoms. The molecule has 0 spiro atoms. The summed E-state index contributed by atoms with van der Waals surface area (Å²) in [7, 11) is 0. The van der Waals surface area contributed by atoms with E-state index in [1.54, 1.807) is 6.08 Å². The number of esters is 1. The fourth-order valence-corrected chi connectivity index (χ4v) is 3.16. The molecular weight excluding hydrogens is 350 g/mol. The van der Waals surface area contributed by atoms with Gasteiger partial charge in [-0.25, -0.2) is 9.78 Å². The number of ether oxygens (including phenoxy) is 1. The summed E-state index contributed by atoms with van der Waals surface area (Å²) in [6, 6.07) is 17.2. The number of hydrogen-bond acceptors (Lipinski definition) is 7. The van der Waals surface area contributed by atoms with E-state index >= 15 is 0 Å². The van der Waals surface area contributed by atoms with Crippen LogP contribution < -0.4 is 0 Å². The van der Waals surface area contributed by atoms with Crippen molar-refractivity contribution in [2.75, 3.05) is 0 Å². The van der Waals surface area contributed by atoms with Crippen molar-refractivity contribution in [1.82, 2.24) is 15.2 Å². The average molecular weight is 363 g/mol. The molecule has 7 heteroatoms. The molecule has 6 nitrogen and oxygen atoms in total. The molecule has 4 rings (SSSR count). The van der Waals surface area contributed by atoms with Crippen LogP contribution in [0.3, 0.4) is 0 Å². The van der Waals surface area contributed by atoms with Gasteiger partial charge in [0, 0.05) is 11.6 Å². The van der Waals surface area contributed by atoms with Gasteiger partial charge in [-0.3, -0.25) is 0 Å². The molecular formula is C19H13N3O3S. The van der Waals surface area contributed by atoms with E-state index in [4.69, 9.17) is 9.15 Å². The van der Waals surface area contributed by atoms with Gasteiger partial charge < -0.3 is 9.15 Å². The zero-order valence-electron chi connectivity index (χ0n) is 13.5. The summed E-state index contributed by atoms with van der Waals surface area (Å²) in [5.74, 6) is 0.135. The molecule has 0 aliphatic carbocycles. The monoisotopic (exact) mass is 363 g/mol. The fraction of sp³-hybridized carbons (Fsp3) is 0.0526. The van der Waals surface area contributed by atoms with Crippen LogP contribution in [0.25, 0.3) is 27.7 Å². The Morgan fingerprint density at radius 2 is 1.88 bits per heavy atom. The molecule has 2 aromatic heterocycles. The third kappa shape index (κ3) is 3.68. The predicted octanol–water partition coefficient (Wildman–Crippen LogP) is 4.10. The molecule has 0 saturated carbocycles. The van der Waals surface area contributed by atoms with Crippen LogP contribution >= 0.6 is 11.3 Å². The van der Waals surface area contributed by atoms with Crippen molar-refractivity contribution in [3.63, 3.8) is 0 Å². The number of para-hydroxylation sites is 1. The number of nitrogens with zero attached hydrogens (tertiary/aromatic N) is 3. The van der Waals surface area contributed by atoms with Crippen LogP contribution in [0.15, 0.2) is 65.1 Å².